The van der Waals surface area contributed by atoms with Crippen LogP contribution in [0.2, 0.25) is 0 Å². The quantitative estimate of drug-likeness (QED) is 0.729. The Morgan fingerprint density at radius 3 is 2.22 bits per heavy atom. The third kappa shape index (κ3) is 3.10. The Morgan fingerprint density at radius 2 is 1.72 bits per heavy atom. The van der Waals surface area contributed by atoms with Gasteiger partial charge in [0.2, 0.25) is 0 Å². The summed E-state index contributed by atoms with van der Waals surface area (Å²) >= 11 is 0. The van der Waals surface area contributed by atoms with E-state index in [9.17, 15) is 8.42 Å². The summed E-state index contributed by atoms with van der Waals surface area (Å²) < 4.78 is 26.7. The molecule has 100 valence electrons. The van der Waals surface area contributed by atoms with Gasteiger partial charge in [-0.25, -0.2) is 0 Å². The normalized spacial score (nSPS) is 16.2. The van der Waals surface area contributed by atoms with E-state index < -0.39 is 10.2 Å². The van der Waals surface area contributed by atoms with Crippen LogP contribution in [0.15, 0.2) is 24.3 Å². The van der Waals surface area contributed by atoms with Crippen molar-refractivity contribution in [2.24, 2.45) is 0 Å². The SMILES string of the molecule is CCc1ccc(CCN(C)S(=O)(=O)N2CC2)cc1. The zero-order chi connectivity index (χ0) is 13.2. The molecule has 0 unspecified atom stereocenters. The molecule has 0 saturated carbocycles. The molecule has 0 amide bonds. The molecule has 0 aliphatic carbocycles. The van der Waals surface area contributed by atoms with Crippen molar-refractivity contribution in [3.63, 3.8) is 0 Å². The lowest BCUT2D eigenvalue weighted by molar-refractivity contribution is 0.445. The summed E-state index contributed by atoms with van der Waals surface area (Å²) in [5.41, 5.74) is 2.49. The number of aryl methyl sites for hydroxylation is 1. The highest BCUT2D eigenvalue weighted by atomic mass is 32.2. The Labute approximate surface area is 109 Å². The molecule has 4 nitrogen and oxygen atoms in total. The lowest BCUT2D eigenvalue weighted by Gasteiger charge is -2.17. The van der Waals surface area contributed by atoms with E-state index in [-0.39, 0.29) is 0 Å². The van der Waals surface area contributed by atoms with Crippen molar-refractivity contribution in [2.75, 3.05) is 26.7 Å². The van der Waals surface area contributed by atoms with Gasteiger partial charge >= 0.3 is 0 Å². The van der Waals surface area contributed by atoms with E-state index in [0.717, 1.165) is 12.8 Å². The predicted octanol–water partition coefficient (Wildman–Crippen LogP) is 1.28. The molecule has 1 aromatic rings. The molecule has 1 saturated heterocycles. The summed E-state index contributed by atoms with van der Waals surface area (Å²) in [5, 5.41) is 0. The van der Waals surface area contributed by atoms with Gasteiger partial charge in [0.1, 0.15) is 0 Å². The van der Waals surface area contributed by atoms with Crippen molar-refractivity contribution in [3.8, 4) is 0 Å². The minimum atomic E-state index is -3.18. The van der Waals surface area contributed by atoms with Gasteiger partial charge in [-0.2, -0.15) is 17.0 Å². The largest absolute Gasteiger partial charge is 0.281 e. The van der Waals surface area contributed by atoms with Crippen LogP contribution in [0.3, 0.4) is 0 Å². The van der Waals surface area contributed by atoms with E-state index in [2.05, 4.69) is 31.2 Å². The minimum Gasteiger partial charge on any atom is -0.195 e. The van der Waals surface area contributed by atoms with Gasteiger partial charge in [0.25, 0.3) is 10.2 Å². The Hall–Kier alpha value is -0.910. The first-order valence-corrected chi connectivity index (χ1v) is 7.73. The third-order valence-electron chi connectivity index (χ3n) is 3.27. The van der Waals surface area contributed by atoms with Gasteiger partial charge in [-0.15, -0.1) is 0 Å². The van der Waals surface area contributed by atoms with Crippen molar-refractivity contribution < 1.29 is 8.42 Å². The van der Waals surface area contributed by atoms with Crippen LogP contribution in [0.4, 0.5) is 0 Å². The summed E-state index contributed by atoms with van der Waals surface area (Å²) in [4.78, 5) is 0. The highest BCUT2D eigenvalue weighted by Crippen LogP contribution is 2.15. The lowest BCUT2D eigenvalue weighted by Crippen LogP contribution is -2.33. The first-order chi connectivity index (χ1) is 8.54. The second-order valence-corrected chi connectivity index (χ2v) is 6.68. The molecule has 1 fully saturated rings. The minimum absolute atomic E-state index is 0.532. The van der Waals surface area contributed by atoms with Crippen molar-refractivity contribution in [1.82, 2.24) is 8.61 Å². The first-order valence-electron chi connectivity index (χ1n) is 6.33. The van der Waals surface area contributed by atoms with Crippen LogP contribution in [0.1, 0.15) is 18.1 Å². The maximum absolute atomic E-state index is 11.9. The average molecular weight is 268 g/mol. The number of hydrogen-bond donors (Lipinski definition) is 0. The van der Waals surface area contributed by atoms with Gasteiger partial charge in [0, 0.05) is 26.7 Å². The van der Waals surface area contributed by atoms with E-state index in [1.165, 1.54) is 19.7 Å². The van der Waals surface area contributed by atoms with Crippen LogP contribution < -0.4 is 0 Å². The van der Waals surface area contributed by atoms with Gasteiger partial charge in [0.15, 0.2) is 0 Å². The predicted molar refractivity (Wildman–Crippen MR) is 72.6 cm³/mol. The fourth-order valence-electron chi connectivity index (χ4n) is 1.81. The van der Waals surface area contributed by atoms with Crippen LogP contribution in [-0.4, -0.2) is 43.7 Å². The van der Waals surface area contributed by atoms with Crippen molar-refractivity contribution in [1.29, 1.82) is 0 Å². The molecule has 2 rings (SSSR count). The van der Waals surface area contributed by atoms with E-state index in [0.29, 0.717) is 19.6 Å². The maximum Gasteiger partial charge on any atom is 0.281 e. The molecule has 1 aliphatic heterocycles. The number of hydrogen-bond acceptors (Lipinski definition) is 2. The van der Waals surface area contributed by atoms with Gasteiger partial charge in [-0.3, -0.25) is 0 Å². The molecule has 1 aromatic carbocycles. The summed E-state index contributed by atoms with van der Waals surface area (Å²) in [7, 11) is -1.54. The highest BCUT2D eigenvalue weighted by molar-refractivity contribution is 7.87. The van der Waals surface area contributed by atoms with E-state index >= 15 is 0 Å². The van der Waals surface area contributed by atoms with E-state index in [1.54, 1.807) is 7.05 Å². The fraction of sp³-hybridized carbons (Fsp3) is 0.538. The Morgan fingerprint density at radius 1 is 1.17 bits per heavy atom. The number of nitrogens with zero attached hydrogens (tertiary/aromatic N) is 2. The first kappa shape index (κ1) is 13.5. The molecular weight excluding hydrogens is 248 g/mol. The van der Waals surface area contributed by atoms with Gasteiger partial charge in [0.05, 0.1) is 0 Å². The van der Waals surface area contributed by atoms with Crippen molar-refractivity contribution >= 4 is 10.2 Å². The molecule has 1 heterocycles. The van der Waals surface area contributed by atoms with Crippen LogP contribution >= 0.6 is 0 Å². The Kier molecular flexibility index (Phi) is 4.04. The highest BCUT2D eigenvalue weighted by Gasteiger charge is 2.34. The lowest BCUT2D eigenvalue weighted by atomic mass is 10.1. The second kappa shape index (κ2) is 5.38. The maximum atomic E-state index is 11.9. The van der Waals surface area contributed by atoms with Crippen LogP contribution in [0, 0.1) is 0 Å². The molecule has 5 heteroatoms. The van der Waals surface area contributed by atoms with Crippen LogP contribution in [-0.2, 0) is 23.1 Å². The molecule has 0 spiro atoms. The smallest absolute Gasteiger partial charge is 0.195 e. The number of rotatable bonds is 6. The molecule has 0 aromatic heterocycles. The Balaban J connectivity index is 1.90. The van der Waals surface area contributed by atoms with Gasteiger partial charge < -0.3 is 0 Å². The molecule has 0 N–H and O–H groups in total. The number of likely N-dealkylation sites (N-methyl/N-ethyl adjacent to an activating group) is 1. The molecule has 0 atom stereocenters. The topological polar surface area (TPSA) is 40.4 Å². The average Bonchev–Trinajstić information content (AvgIpc) is 3.21. The van der Waals surface area contributed by atoms with E-state index in [4.69, 9.17) is 0 Å². The summed E-state index contributed by atoms with van der Waals surface area (Å²) in [6.45, 7) is 3.99. The van der Waals surface area contributed by atoms with Gasteiger partial charge in [-0.1, -0.05) is 31.2 Å². The van der Waals surface area contributed by atoms with Crippen LogP contribution in [0.25, 0.3) is 0 Å². The standard InChI is InChI=1S/C13H20N2O2S/c1-3-12-4-6-13(7-5-12)8-9-14(2)18(16,17)15-10-11-15/h4-7H,3,8-11H2,1-2H3. The molecule has 0 radical (unpaired) electrons. The fourth-order valence-corrected chi connectivity index (χ4v) is 3.07. The summed E-state index contributed by atoms with van der Waals surface area (Å²) in [5.74, 6) is 0. The van der Waals surface area contributed by atoms with Gasteiger partial charge in [-0.05, 0) is 24.0 Å². The zero-order valence-electron chi connectivity index (χ0n) is 11.0. The van der Waals surface area contributed by atoms with Crippen LogP contribution in [0.5, 0.6) is 0 Å². The summed E-state index contributed by atoms with van der Waals surface area (Å²) in [6, 6.07) is 8.37. The van der Waals surface area contributed by atoms with E-state index in [1.807, 2.05) is 0 Å². The monoisotopic (exact) mass is 268 g/mol. The van der Waals surface area contributed by atoms with Crippen molar-refractivity contribution in [2.45, 2.75) is 19.8 Å². The molecule has 1 aliphatic rings. The summed E-state index contributed by atoms with van der Waals surface area (Å²) in [6.07, 6.45) is 1.79. The third-order valence-corrected chi connectivity index (χ3v) is 5.26. The second-order valence-electron chi connectivity index (χ2n) is 4.65. The zero-order valence-corrected chi connectivity index (χ0v) is 11.8. The Bertz CT molecular complexity index is 492. The molecular formula is C13H20N2O2S. The molecule has 0 bridgehead atoms. The molecule has 18 heavy (non-hydrogen) atoms. The van der Waals surface area contributed by atoms with Crippen molar-refractivity contribution in [3.05, 3.63) is 35.4 Å². The number of benzene rings is 1.